The van der Waals surface area contributed by atoms with Crippen molar-refractivity contribution < 1.29 is 77.4 Å². The summed E-state index contributed by atoms with van der Waals surface area (Å²) < 4.78 is 58.7. The monoisotopic (exact) mass is 1170 g/mol. The van der Waals surface area contributed by atoms with Crippen molar-refractivity contribution in [1.82, 2.24) is 14.4 Å². The number of nitrogens with one attached hydrogen (secondary N) is 1. The van der Waals surface area contributed by atoms with Gasteiger partial charge in [0.15, 0.2) is 18.7 Å². The van der Waals surface area contributed by atoms with Crippen LogP contribution in [0.1, 0.15) is 138 Å². The first kappa shape index (κ1) is 66.6. The van der Waals surface area contributed by atoms with E-state index in [0.717, 1.165) is 19.3 Å². The van der Waals surface area contributed by atoms with E-state index >= 15 is 0 Å². The largest absolute Gasteiger partial charge is 0.477 e. The Kier molecular flexibility index (Phi) is 23.1. The van der Waals surface area contributed by atoms with E-state index in [4.69, 9.17) is 54.2 Å². The van der Waals surface area contributed by atoms with E-state index in [1.807, 2.05) is 58.3 Å². The van der Waals surface area contributed by atoms with Crippen molar-refractivity contribution in [2.24, 2.45) is 23.7 Å². The number of pyridine rings is 1. The van der Waals surface area contributed by atoms with E-state index in [-0.39, 0.29) is 93.1 Å². The fourth-order valence-corrected chi connectivity index (χ4v) is 12.7. The van der Waals surface area contributed by atoms with Crippen molar-refractivity contribution in [3.05, 3.63) is 39.1 Å². The molecule has 5 N–H and O–H groups in total. The fraction of sp³-hybridized carbons (Fsp3) is 0.797. The van der Waals surface area contributed by atoms with Gasteiger partial charge in [-0.3, -0.25) is 14.4 Å². The Bertz CT molecular complexity index is 2490. The number of aliphatic hydroxyl groups excluding tert-OH is 1. The van der Waals surface area contributed by atoms with Gasteiger partial charge < -0.3 is 82.7 Å². The number of aromatic nitrogens is 1. The quantitative estimate of drug-likeness (QED) is 0.0724. The van der Waals surface area contributed by atoms with Crippen LogP contribution in [-0.2, 0) is 52.2 Å². The van der Waals surface area contributed by atoms with Gasteiger partial charge in [0, 0.05) is 68.2 Å². The lowest BCUT2D eigenvalue weighted by molar-refractivity contribution is -0.314. The number of methoxy groups -OCH3 is 1. The minimum absolute atomic E-state index is 0.0446. The Morgan fingerprint density at radius 1 is 0.914 bits per heavy atom. The molecule has 1 aromatic heterocycles. The van der Waals surface area contributed by atoms with Crippen LogP contribution in [0.15, 0.2) is 23.1 Å². The highest BCUT2D eigenvalue weighted by molar-refractivity contribution is 6.34. The minimum Gasteiger partial charge on any atom is -0.477 e. The van der Waals surface area contributed by atoms with Crippen LogP contribution in [0, 0.1) is 23.7 Å². The van der Waals surface area contributed by atoms with Crippen molar-refractivity contribution in [1.29, 1.82) is 0 Å². The molecule has 4 heterocycles. The lowest BCUT2D eigenvalue weighted by Gasteiger charge is -2.49. The molecule has 22 heteroatoms. The standard InChI is InChI=1S/C59H95ClN4O17/c1-16-46-59(11,72)51(67)37(7)63(14)30-32(2)28-57(9,71)52(81-56-34(4)44(62(12)13)25-33(3)76-56)35(5)50(36(6)55(70)78-46)80-48-29-58(10,73-15)53(38(8)77-48)79-47(65)19-21-74-23-24-75-22-20-61-43-26-40-45(27-42(43)60)64(39-17-18-39)31-41(49(40)66)54(68)69/h26-27,31-39,44,46,48,50-53,56,61,67,71-72H,16-25,28-30H2,1-15H3,(H,68,69)/t32-,33-,34-,35+,36-,37-,38+,44+,46-,48+,50+,51-,52-,53+,56+,57-,58-,59-/m1/s1. The molecule has 1 aromatic carbocycles. The van der Waals surface area contributed by atoms with E-state index in [9.17, 15) is 39.6 Å². The molecule has 0 unspecified atom stereocenters. The summed E-state index contributed by atoms with van der Waals surface area (Å²) in [4.78, 5) is 57.1. The number of carbonyl (C=O) groups is 3. The van der Waals surface area contributed by atoms with Crippen molar-refractivity contribution in [2.45, 2.75) is 211 Å². The first-order valence-electron chi connectivity index (χ1n) is 29.0. The number of carboxylic acid groups (broad SMARTS) is 1. The molecule has 81 heavy (non-hydrogen) atoms. The zero-order chi connectivity index (χ0) is 60.1. The van der Waals surface area contributed by atoms with Crippen LogP contribution in [-0.4, -0.2) is 205 Å². The summed E-state index contributed by atoms with van der Waals surface area (Å²) in [5.41, 5.74) is -4.33. The molecule has 21 nitrogen and oxygen atoms in total. The second-order valence-electron chi connectivity index (χ2n) is 24.6. The van der Waals surface area contributed by atoms with E-state index in [2.05, 4.69) is 17.1 Å². The number of carboxylic acids is 1. The number of aromatic carboxylic acids is 1. The lowest BCUT2D eigenvalue weighted by Crippen LogP contribution is -2.60. The van der Waals surface area contributed by atoms with Gasteiger partial charge in [-0.05, 0) is 120 Å². The molecular formula is C59H95ClN4O17. The summed E-state index contributed by atoms with van der Waals surface area (Å²) in [6.07, 6.45) is -3.61. The topological polar surface area (TPSA) is 256 Å². The highest BCUT2D eigenvalue weighted by Gasteiger charge is 2.54. The number of benzene rings is 1. The second kappa shape index (κ2) is 28.1. The van der Waals surface area contributed by atoms with Crippen LogP contribution in [0.3, 0.4) is 0 Å². The maximum Gasteiger partial charge on any atom is 0.341 e. The third kappa shape index (κ3) is 16.1. The minimum atomic E-state index is -1.84. The van der Waals surface area contributed by atoms with Gasteiger partial charge in [-0.25, -0.2) is 4.79 Å². The van der Waals surface area contributed by atoms with E-state index < -0.39 is 107 Å². The van der Waals surface area contributed by atoms with Gasteiger partial charge in [-0.2, -0.15) is 0 Å². The molecule has 18 atom stereocenters. The van der Waals surface area contributed by atoms with Gasteiger partial charge in [-0.1, -0.05) is 39.3 Å². The number of halogens is 1. The number of carbonyl (C=O) groups excluding carboxylic acids is 2. The highest BCUT2D eigenvalue weighted by Crippen LogP contribution is 2.42. The van der Waals surface area contributed by atoms with Crippen molar-refractivity contribution in [2.75, 3.05) is 73.1 Å². The number of esters is 2. The maximum atomic E-state index is 14.6. The van der Waals surface area contributed by atoms with Crippen LogP contribution in [0.25, 0.3) is 10.9 Å². The number of rotatable bonds is 20. The molecule has 4 aliphatic rings. The van der Waals surface area contributed by atoms with Crippen molar-refractivity contribution in [3.8, 4) is 0 Å². The summed E-state index contributed by atoms with van der Waals surface area (Å²) in [6.45, 7) is 21.5. The smallest absolute Gasteiger partial charge is 0.341 e. The number of hydrogen-bond donors (Lipinski definition) is 5. The number of fused-ring (bicyclic) bond motifs is 1. The molecule has 1 saturated carbocycles. The predicted molar refractivity (Wildman–Crippen MR) is 304 cm³/mol. The zero-order valence-corrected chi connectivity index (χ0v) is 51.2. The molecule has 0 spiro atoms. The second-order valence-corrected chi connectivity index (χ2v) is 25.0. The van der Waals surface area contributed by atoms with Crippen LogP contribution in [0.4, 0.5) is 5.69 Å². The zero-order valence-electron chi connectivity index (χ0n) is 50.5. The van der Waals surface area contributed by atoms with Gasteiger partial charge >= 0.3 is 17.9 Å². The number of ether oxygens (including phenoxy) is 9. The van der Waals surface area contributed by atoms with E-state index in [1.54, 1.807) is 46.8 Å². The van der Waals surface area contributed by atoms with Crippen LogP contribution >= 0.6 is 11.6 Å². The maximum absolute atomic E-state index is 14.6. The Balaban J connectivity index is 1.10. The first-order valence-corrected chi connectivity index (χ1v) is 29.4. The summed E-state index contributed by atoms with van der Waals surface area (Å²) in [5, 5.41) is 50.0. The molecular weight excluding hydrogens is 1070 g/mol. The van der Waals surface area contributed by atoms with Gasteiger partial charge in [0.05, 0.1) is 85.0 Å². The fourth-order valence-electron chi connectivity index (χ4n) is 12.5. The highest BCUT2D eigenvalue weighted by atomic mass is 35.5. The molecule has 0 bridgehead atoms. The van der Waals surface area contributed by atoms with Crippen LogP contribution in [0.2, 0.25) is 5.02 Å². The van der Waals surface area contributed by atoms with Gasteiger partial charge in [0.1, 0.15) is 29.0 Å². The lowest BCUT2D eigenvalue weighted by atomic mass is 9.77. The predicted octanol–water partition coefficient (Wildman–Crippen LogP) is 6.26. The molecule has 2 aromatic rings. The normalized spacial score (nSPS) is 36.9. The van der Waals surface area contributed by atoms with E-state index in [1.165, 1.54) is 20.2 Å². The number of anilines is 1. The first-order chi connectivity index (χ1) is 38.0. The third-order valence-corrected chi connectivity index (χ3v) is 17.8. The van der Waals surface area contributed by atoms with Gasteiger partial charge in [0.2, 0.25) is 5.43 Å². The molecule has 3 aliphatic heterocycles. The van der Waals surface area contributed by atoms with Crippen LogP contribution < -0.4 is 10.7 Å². The van der Waals surface area contributed by atoms with Crippen molar-refractivity contribution in [3.63, 3.8) is 0 Å². The molecule has 0 amide bonds. The van der Waals surface area contributed by atoms with Gasteiger partial charge in [0.25, 0.3) is 0 Å². The number of aliphatic hydroxyl groups is 3. The number of nitrogens with zero attached hydrogens (tertiary/aromatic N) is 3. The summed E-state index contributed by atoms with van der Waals surface area (Å²) in [5.74, 6) is -4.56. The third-order valence-electron chi connectivity index (χ3n) is 17.5. The Morgan fingerprint density at radius 3 is 2.20 bits per heavy atom. The Hall–Kier alpha value is -3.55. The molecule has 0 radical (unpaired) electrons. The number of hydrogen-bond acceptors (Lipinski definition) is 19. The Labute approximate surface area is 483 Å². The molecule has 4 fully saturated rings. The molecule has 3 saturated heterocycles. The Morgan fingerprint density at radius 2 is 1.58 bits per heavy atom. The summed E-state index contributed by atoms with van der Waals surface area (Å²) in [7, 11) is 7.42. The molecule has 460 valence electrons. The summed E-state index contributed by atoms with van der Waals surface area (Å²) in [6, 6.07) is 2.94. The SMILES string of the molecule is CC[C@H]1OC(=O)[C@H](C)[C@@H](O[C@H]2C[C@@](C)(OC)[C@@H](OC(=O)CCOCCOCCNc3cc4c(=O)c(C(=O)O)cn(C5CC5)c4cc3Cl)[C@H](C)O2)[C@H](C)[C@@H](O[C@@H]2O[C@H](C)C[C@H](N(C)C)[C@H]2C)[C@](C)(O)C[C@@H](C)CN(C)[C@H](C)[C@@H](O)[C@]1(C)O. The van der Waals surface area contributed by atoms with Crippen LogP contribution in [0.5, 0.6) is 0 Å². The van der Waals surface area contributed by atoms with Gasteiger partial charge in [-0.15, -0.1) is 0 Å². The molecule has 1 aliphatic carbocycles. The number of likely N-dealkylation sites (N-methyl/N-ethyl adjacent to an activating group) is 1. The summed E-state index contributed by atoms with van der Waals surface area (Å²) >= 11 is 6.59. The average Bonchev–Trinajstić information content (AvgIpc) is 4.44. The van der Waals surface area contributed by atoms with E-state index in [0.29, 0.717) is 29.3 Å². The average molecular weight is 1170 g/mol. The molecule has 6 rings (SSSR count). The number of cyclic esters (lactones) is 1. The van der Waals surface area contributed by atoms with Crippen molar-refractivity contribution >= 4 is 46.1 Å².